The van der Waals surface area contributed by atoms with E-state index >= 15 is 0 Å². The molecule has 1 aromatic heterocycles. The van der Waals surface area contributed by atoms with Gasteiger partial charge in [-0.3, -0.25) is 9.59 Å². The number of nitrogens with zero attached hydrogens (tertiary/aromatic N) is 2. The summed E-state index contributed by atoms with van der Waals surface area (Å²) in [4.78, 5) is 30.2. The number of anilines is 1. The van der Waals surface area contributed by atoms with E-state index in [4.69, 9.17) is 10.00 Å². The molecular weight excluding hydrogens is 455 g/mol. The number of benzene rings is 3. The number of rotatable bonds is 4. The van der Waals surface area contributed by atoms with Gasteiger partial charge in [0.2, 0.25) is 0 Å². The van der Waals surface area contributed by atoms with Gasteiger partial charge in [0.1, 0.15) is 16.6 Å². The van der Waals surface area contributed by atoms with Crippen molar-refractivity contribution < 1.29 is 18.7 Å². The van der Waals surface area contributed by atoms with E-state index in [-0.39, 0.29) is 23.9 Å². The molecule has 0 radical (unpaired) electrons. The van der Waals surface area contributed by atoms with E-state index < -0.39 is 5.82 Å². The Morgan fingerprint density at radius 2 is 1.97 bits per heavy atom. The first-order valence-electron chi connectivity index (χ1n) is 10.2. The molecule has 34 heavy (non-hydrogen) atoms. The molecule has 0 bridgehead atoms. The second kappa shape index (κ2) is 8.77. The first-order chi connectivity index (χ1) is 16.5. The fourth-order valence-corrected chi connectivity index (χ4v) is 4.33. The Hall–Kier alpha value is -4.55. The number of ether oxygens (including phenoxy) is 1. The predicted octanol–water partition coefficient (Wildman–Crippen LogP) is 5.11. The molecule has 5 rings (SSSR count). The second-order valence-corrected chi connectivity index (χ2v) is 8.50. The van der Waals surface area contributed by atoms with Gasteiger partial charge in [0.15, 0.2) is 5.75 Å². The molecule has 1 aliphatic heterocycles. The topological polar surface area (TPSA) is 104 Å². The first-order valence-corrected chi connectivity index (χ1v) is 11.0. The Morgan fingerprint density at radius 1 is 1.12 bits per heavy atom. The number of halogens is 1. The Bertz CT molecular complexity index is 1490. The molecule has 7 nitrogen and oxygen atoms in total. The van der Waals surface area contributed by atoms with Crippen LogP contribution in [0, 0.1) is 17.1 Å². The van der Waals surface area contributed by atoms with E-state index in [1.807, 2.05) is 6.07 Å². The number of fused-ring (bicyclic) bond motifs is 2. The van der Waals surface area contributed by atoms with Crippen LogP contribution in [0.15, 0.2) is 66.9 Å². The zero-order valence-electron chi connectivity index (χ0n) is 17.5. The van der Waals surface area contributed by atoms with Gasteiger partial charge in [0.05, 0.1) is 29.4 Å². The standard InChI is InChI=1S/C25H15FN4O3S/c26-19-9-14(11-27)5-7-17(19)25-29-13-16(34-25)12-28-23(31)15-6-8-22-20(10-15)30-24(32)18-3-1-2-4-21(18)33-22/h1-10,13H,12H2,(H,28,31)(H,30,32). The molecule has 0 saturated carbocycles. The average Bonchev–Trinajstić information content (AvgIpc) is 3.26. The van der Waals surface area contributed by atoms with E-state index in [0.717, 1.165) is 10.9 Å². The number of nitrogens with one attached hydrogen (secondary N) is 2. The van der Waals surface area contributed by atoms with Crippen molar-refractivity contribution in [3.8, 4) is 28.1 Å². The van der Waals surface area contributed by atoms with Gasteiger partial charge in [0.25, 0.3) is 11.8 Å². The van der Waals surface area contributed by atoms with Gasteiger partial charge >= 0.3 is 0 Å². The highest BCUT2D eigenvalue weighted by Gasteiger charge is 2.21. The van der Waals surface area contributed by atoms with Crippen LogP contribution in [-0.4, -0.2) is 16.8 Å². The van der Waals surface area contributed by atoms with Crippen molar-refractivity contribution in [1.29, 1.82) is 5.26 Å². The Kier molecular flexibility index (Phi) is 5.49. The highest BCUT2D eigenvalue weighted by atomic mass is 32.1. The maximum Gasteiger partial charge on any atom is 0.259 e. The summed E-state index contributed by atoms with van der Waals surface area (Å²) in [5.74, 6) is -0.320. The van der Waals surface area contributed by atoms with Gasteiger partial charge in [-0.15, -0.1) is 11.3 Å². The maximum atomic E-state index is 14.3. The van der Waals surface area contributed by atoms with Crippen LogP contribution in [-0.2, 0) is 6.54 Å². The maximum absolute atomic E-state index is 14.3. The van der Waals surface area contributed by atoms with Crippen molar-refractivity contribution in [3.63, 3.8) is 0 Å². The molecule has 3 aromatic carbocycles. The zero-order chi connectivity index (χ0) is 23.7. The number of carbonyl (C=O) groups is 2. The molecule has 2 heterocycles. The van der Waals surface area contributed by atoms with E-state index in [2.05, 4.69) is 15.6 Å². The minimum atomic E-state index is -0.527. The highest BCUT2D eigenvalue weighted by Crippen LogP contribution is 2.36. The molecule has 0 aliphatic carbocycles. The zero-order valence-corrected chi connectivity index (χ0v) is 18.3. The molecule has 4 aromatic rings. The monoisotopic (exact) mass is 470 g/mol. The molecule has 0 saturated heterocycles. The lowest BCUT2D eigenvalue weighted by molar-refractivity contribution is 0.0950. The highest BCUT2D eigenvalue weighted by molar-refractivity contribution is 7.15. The molecule has 0 unspecified atom stereocenters. The molecule has 1 aliphatic rings. The third-order valence-corrected chi connectivity index (χ3v) is 6.18. The summed E-state index contributed by atoms with van der Waals surface area (Å²) in [6, 6.07) is 17.8. The van der Waals surface area contributed by atoms with E-state index in [1.54, 1.807) is 48.7 Å². The number of hydrogen-bond donors (Lipinski definition) is 2. The van der Waals surface area contributed by atoms with Crippen molar-refractivity contribution in [3.05, 3.63) is 94.2 Å². The molecule has 0 fully saturated rings. The van der Waals surface area contributed by atoms with Crippen LogP contribution in [0.3, 0.4) is 0 Å². The summed E-state index contributed by atoms with van der Waals surface area (Å²) < 4.78 is 20.1. The summed E-state index contributed by atoms with van der Waals surface area (Å²) in [6.45, 7) is 0.194. The van der Waals surface area contributed by atoms with E-state index in [1.165, 1.54) is 23.5 Å². The van der Waals surface area contributed by atoms with Crippen molar-refractivity contribution in [2.24, 2.45) is 0 Å². The second-order valence-electron chi connectivity index (χ2n) is 7.38. The molecule has 0 atom stereocenters. The van der Waals surface area contributed by atoms with Gasteiger partial charge in [0, 0.05) is 22.2 Å². The number of carbonyl (C=O) groups excluding carboxylic acids is 2. The number of thiazole rings is 1. The van der Waals surface area contributed by atoms with Crippen LogP contribution in [0.5, 0.6) is 11.5 Å². The van der Waals surface area contributed by atoms with Gasteiger partial charge < -0.3 is 15.4 Å². The quantitative estimate of drug-likeness (QED) is 0.431. The van der Waals surface area contributed by atoms with Crippen molar-refractivity contribution in [1.82, 2.24) is 10.3 Å². The van der Waals surface area contributed by atoms with Crippen molar-refractivity contribution in [2.75, 3.05) is 5.32 Å². The summed E-state index contributed by atoms with van der Waals surface area (Å²) in [7, 11) is 0. The SMILES string of the molecule is N#Cc1ccc(-c2ncc(CNC(=O)c3ccc4c(c3)NC(=O)c3ccccc3O4)s2)c(F)c1. The summed E-state index contributed by atoms with van der Waals surface area (Å²) in [5, 5.41) is 14.9. The van der Waals surface area contributed by atoms with Gasteiger partial charge in [-0.25, -0.2) is 9.37 Å². The molecular formula is C25H15FN4O3S. The lowest BCUT2D eigenvalue weighted by atomic mass is 10.1. The van der Waals surface area contributed by atoms with Crippen LogP contribution >= 0.6 is 11.3 Å². The van der Waals surface area contributed by atoms with Crippen LogP contribution < -0.4 is 15.4 Å². The van der Waals surface area contributed by atoms with Crippen molar-refractivity contribution in [2.45, 2.75) is 6.54 Å². The van der Waals surface area contributed by atoms with E-state index in [9.17, 15) is 14.0 Å². The van der Waals surface area contributed by atoms with Gasteiger partial charge in [-0.2, -0.15) is 5.26 Å². The predicted molar refractivity (Wildman–Crippen MR) is 124 cm³/mol. The van der Waals surface area contributed by atoms with Crippen LogP contribution in [0.4, 0.5) is 10.1 Å². The number of amides is 2. The third-order valence-electron chi connectivity index (χ3n) is 5.15. The Morgan fingerprint density at radius 3 is 2.79 bits per heavy atom. The largest absolute Gasteiger partial charge is 0.454 e. The molecule has 0 spiro atoms. The smallest absolute Gasteiger partial charge is 0.259 e. The Labute approximate surface area is 197 Å². The summed E-state index contributed by atoms with van der Waals surface area (Å²) in [6.07, 6.45) is 1.57. The molecule has 2 amide bonds. The number of aromatic nitrogens is 1. The molecule has 2 N–H and O–H groups in total. The molecule has 9 heteroatoms. The van der Waals surface area contributed by atoms with E-state index in [0.29, 0.717) is 38.9 Å². The fourth-order valence-electron chi connectivity index (χ4n) is 3.45. The first kappa shape index (κ1) is 21.3. The Balaban J connectivity index is 1.29. The fraction of sp³-hybridized carbons (Fsp3) is 0.0400. The summed E-state index contributed by atoms with van der Waals surface area (Å²) >= 11 is 1.24. The van der Waals surface area contributed by atoms with Crippen LogP contribution in [0.1, 0.15) is 31.2 Å². The minimum absolute atomic E-state index is 0.194. The number of para-hydroxylation sites is 1. The average molecular weight is 470 g/mol. The van der Waals surface area contributed by atoms with Crippen molar-refractivity contribution >= 4 is 28.8 Å². The van der Waals surface area contributed by atoms with Crippen LogP contribution in [0.2, 0.25) is 0 Å². The van der Waals surface area contributed by atoms with Gasteiger partial charge in [-0.05, 0) is 48.5 Å². The lowest BCUT2D eigenvalue weighted by Crippen LogP contribution is -2.22. The minimum Gasteiger partial charge on any atom is -0.454 e. The third kappa shape index (κ3) is 4.10. The number of nitriles is 1. The van der Waals surface area contributed by atoms with Crippen LogP contribution in [0.25, 0.3) is 10.6 Å². The normalized spacial score (nSPS) is 11.8. The van der Waals surface area contributed by atoms with Gasteiger partial charge in [-0.1, -0.05) is 12.1 Å². The number of hydrogen-bond acceptors (Lipinski definition) is 6. The molecule has 166 valence electrons. The summed E-state index contributed by atoms with van der Waals surface area (Å²) in [5.41, 5.74) is 1.67. The lowest BCUT2D eigenvalue weighted by Gasteiger charge is -2.10.